The van der Waals surface area contributed by atoms with Gasteiger partial charge in [0.25, 0.3) is 0 Å². The highest BCUT2D eigenvalue weighted by molar-refractivity contribution is 7.93. The number of hydrogen-bond acceptors (Lipinski definition) is 2. The molecule has 2 aliphatic carbocycles. The molecular weight excluding hydrogens is 256 g/mol. The zero-order chi connectivity index (χ0) is 12.3. The second-order valence-corrected chi connectivity index (χ2v) is 8.98. The van der Waals surface area contributed by atoms with Crippen LogP contribution in [0.5, 0.6) is 0 Å². The predicted molar refractivity (Wildman–Crippen MR) is 69.8 cm³/mol. The van der Waals surface area contributed by atoms with E-state index in [1.54, 1.807) is 0 Å². The lowest BCUT2D eigenvalue weighted by Crippen LogP contribution is -2.47. The van der Waals surface area contributed by atoms with Crippen LogP contribution in [0, 0.1) is 10.8 Å². The summed E-state index contributed by atoms with van der Waals surface area (Å²) in [5.74, 6) is 0.317. The smallest absolute Gasteiger partial charge is 0.168 e. The first kappa shape index (κ1) is 12.0. The molecule has 2 fully saturated rings. The molecule has 3 aliphatic rings. The molecule has 0 amide bonds. The molecule has 0 spiro atoms. The molecule has 0 aromatic heterocycles. The van der Waals surface area contributed by atoms with Gasteiger partial charge in [0.2, 0.25) is 0 Å². The monoisotopic (exact) mass is 274 g/mol. The van der Waals surface area contributed by atoms with Crippen molar-refractivity contribution in [1.29, 1.82) is 0 Å². The fraction of sp³-hybridized carbons (Fsp3) is 0.846. The average Bonchev–Trinajstić information content (AvgIpc) is 2.45. The maximum absolute atomic E-state index is 12.2. The fourth-order valence-electron chi connectivity index (χ4n) is 4.45. The van der Waals surface area contributed by atoms with Crippen LogP contribution >= 0.6 is 11.6 Å². The Labute approximate surface area is 108 Å². The SMILES string of the molecule is CC1=CC[C@]23CCCC[C@@]2(C1)[C@H](Cl)S(=O)(=O)C3. The van der Waals surface area contributed by atoms with Crippen molar-refractivity contribution in [2.45, 2.75) is 50.2 Å². The van der Waals surface area contributed by atoms with Crippen molar-refractivity contribution >= 4 is 21.4 Å². The molecule has 0 unspecified atom stereocenters. The summed E-state index contributed by atoms with van der Waals surface area (Å²) in [6.45, 7) is 2.11. The third kappa shape index (κ3) is 1.42. The van der Waals surface area contributed by atoms with E-state index in [0.717, 1.165) is 38.5 Å². The van der Waals surface area contributed by atoms with E-state index >= 15 is 0 Å². The molecule has 0 aromatic rings. The standard InChI is InChI=1S/C13H19ClO2S/c1-10-4-7-12-5-2-3-6-13(12,8-10)11(14)17(15,16)9-12/h4,11H,2-3,5-9H2,1H3/t11-,12+,13-/m1/s1. The summed E-state index contributed by atoms with van der Waals surface area (Å²) >= 11 is 6.39. The minimum Gasteiger partial charge on any atom is -0.227 e. The molecular formula is C13H19ClO2S. The van der Waals surface area contributed by atoms with Crippen LogP contribution in [0.15, 0.2) is 11.6 Å². The highest BCUT2D eigenvalue weighted by Gasteiger charge is 2.66. The molecule has 1 saturated carbocycles. The van der Waals surface area contributed by atoms with Crippen LogP contribution in [0.2, 0.25) is 0 Å². The Balaban J connectivity index is 2.17. The Bertz CT molecular complexity index is 482. The number of sulfone groups is 1. The molecule has 0 N–H and O–H groups in total. The van der Waals surface area contributed by atoms with Crippen LogP contribution < -0.4 is 0 Å². The summed E-state index contributed by atoms with van der Waals surface area (Å²) in [4.78, 5) is 0. The molecule has 4 heteroatoms. The normalized spacial score (nSPS) is 48.1. The molecule has 0 radical (unpaired) electrons. The van der Waals surface area contributed by atoms with Crippen molar-refractivity contribution in [3.05, 3.63) is 11.6 Å². The van der Waals surface area contributed by atoms with Gasteiger partial charge in [-0.25, -0.2) is 8.42 Å². The van der Waals surface area contributed by atoms with E-state index in [9.17, 15) is 8.42 Å². The number of rotatable bonds is 0. The summed E-state index contributed by atoms with van der Waals surface area (Å²) in [7, 11) is -3.10. The van der Waals surface area contributed by atoms with E-state index in [4.69, 9.17) is 11.6 Å². The highest BCUT2D eigenvalue weighted by atomic mass is 35.5. The number of alkyl halides is 1. The number of hydrogen-bond donors (Lipinski definition) is 0. The van der Waals surface area contributed by atoms with Crippen molar-refractivity contribution in [1.82, 2.24) is 0 Å². The van der Waals surface area contributed by atoms with Crippen molar-refractivity contribution in [3.8, 4) is 0 Å². The molecule has 1 heterocycles. The van der Waals surface area contributed by atoms with Crippen molar-refractivity contribution < 1.29 is 8.42 Å². The molecule has 0 bridgehead atoms. The third-order valence-electron chi connectivity index (χ3n) is 5.25. The summed E-state index contributed by atoms with van der Waals surface area (Å²) < 4.78 is 23.8. The van der Waals surface area contributed by atoms with Gasteiger partial charge in [-0.2, -0.15) is 0 Å². The van der Waals surface area contributed by atoms with Gasteiger partial charge in [0.15, 0.2) is 9.84 Å². The molecule has 96 valence electrons. The van der Waals surface area contributed by atoms with Gasteiger partial charge in [-0.05, 0) is 38.0 Å². The van der Waals surface area contributed by atoms with Gasteiger partial charge in [0.05, 0.1) is 5.75 Å². The molecule has 2 nitrogen and oxygen atoms in total. The first-order valence-electron chi connectivity index (χ1n) is 6.43. The minimum atomic E-state index is -3.10. The maximum atomic E-state index is 12.2. The molecule has 1 saturated heterocycles. The first-order valence-corrected chi connectivity index (χ1v) is 8.58. The van der Waals surface area contributed by atoms with Gasteiger partial charge in [0, 0.05) is 5.41 Å². The lowest BCUT2D eigenvalue weighted by molar-refractivity contribution is 0.0229. The van der Waals surface area contributed by atoms with Crippen LogP contribution in [0.1, 0.15) is 45.4 Å². The largest absolute Gasteiger partial charge is 0.227 e. The topological polar surface area (TPSA) is 34.1 Å². The Morgan fingerprint density at radius 1 is 1.35 bits per heavy atom. The quantitative estimate of drug-likeness (QED) is 0.502. The van der Waals surface area contributed by atoms with Crippen LogP contribution in [0.4, 0.5) is 0 Å². The summed E-state index contributed by atoms with van der Waals surface area (Å²) in [6.07, 6.45) is 8.38. The van der Waals surface area contributed by atoms with Crippen molar-refractivity contribution in [2.75, 3.05) is 5.75 Å². The van der Waals surface area contributed by atoms with E-state index in [-0.39, 0.29) is 10.8 Å². The van der Waals surface area contributed by atoms with Crippen LogP contribution in [-0.4, -0.2) is 18.9 Å². The molecule has 1 aliphatic heterocycles. The van der Waals surface area contributed by atoms with Gasteiger partial charge < -0.3 is 0 Å². The van der Waals surface area contributed by atoms with Gasteiger partial charge in [-0.15, -0.1) is 11.6 Å². The average molecular weight is 275 g/mol. The second kappa shape index (κ2) is 3.51. The summed E-state index contributed by atoms with van der Waals surface area (Å²) in [5.41, 5.74) is 1.12. The van der Waals surface area contributed by atoms with Gasteiger partial charge >= 0.3 is 0 Å². The minimum absolute atomic E-state index is 0.0456. The first-order chi connectivity index (χ1) is 7.92. The fourth-order valence-corrected chi connectivity index (χ4v) is 7.66. The zero-order valence-corrected chi connectivity index (χ0v) is 11.8. The van der Waals surface area contributed by atoms with Gasteiger partial charge in [0.1, 0.15) is 4.71 Å². The van der Waals surface area contributed by atoms with Crippen molar-refractivity contribution in [3.63, 3.8) is 0 Å². The zero-order valence-electron chi connectivity index (χ0n) is 10.2. The van der Waals surface area contributed by atoms with Crippen molar-refractivity contribution in [2.24, 2.45) is 10.8 Å². The number of allylic oxidation sites excluding steroid dienone is 2. The lowest BCUT2D eigenvalue weighted by atomic mass is 9.52. The third-order valence-corrected chi connectivity index (χ3v) is 8.52. The number of halogens is 1. The predicted octanol–water partition coefficient (Wildman–Crippen LogP) is 3.27. The summed E-state index contributed by atoms with van der Waals surface area (Å²) in [6, 6.07) is 0. The Hall–Kier alpha value is -0.0200. The maximum Gasteiger partial charge on any atom is 0.168 e. The second-order valence-electron chi connectivity index (χ2n) is 6.20. The molecule has 0 aromatic carbocycles. The lowest BCUT2D eigenvalue weighted by Gasteiger charge is -2.52. The Morgan fingerprint density at radius 3 is 2.82 bits per heavy atom. The van der Waals surface area contributed by atoms with Gasteiger partial charge in [-0.3, -0.25) is 0 Å². The van der Waals surface area contributed by atoms with E-state index in [0.29, 0.717) is 5.75 Å². The van der Waals surface area contributed by atoms with Crippen LogP contribution in [0.3, 0.4) is 0 Å². The molecule has 3 atom stereocenters. The van der Waals surface area contributed by atoms with E-state index in [1.165, 1.54) is 5.57 Å². The molecule has 17 heavy (non-hydrogen) atoms. The van der Waals surface area contributed by atoms with Crippen LogP contribution in [0.25, 0.3) is 0 Å². The van der Waals surface area contributed by atoms with E-state index in [1.807, 2.05) is 0 Å². The highest BCUT2D eigenvalue weighted by Crippen LogP contribution is 2.67. The van der Waals surface area contributed by atoms with Gasteiger partial charge in [-0.1, -0.05) is 24.5 Å². The van der Waals surface area contributed by atoms with E-state index < -0.39 is 14.5 Å². The Kier molecular flexibility index (Phi) is 2.48. The summed E-state index contributed by atoms with van der Waals surface area (Å²) in [5, 5.41) is 0. The molecule has 3 rings (SSSR count). The van der Waals surface area contributed by atoms with Crippen LogP contribution in [-0.2, 0) is 9.84 Å². The Morgan fingerprint density at radius 2 is 2.06 bits per heavy atom. The van der Waals surface area contributed by atoms with E-state index in [2.05, 4.69) is 13.0 Å².